The number of hydrogen-bond donors (Lipinski definition) is 1. The number of hydrogen-bond acceptors (Lipinski definition) is 3. The van der Waals surface area contributed by atoms with E-state index < -0.39 is 0 Å². The van der Waals surface area contributed by atoms with Crippen molar-refractivity contribution in [1.82, 2.24) is 14.5 Å². The van der Waals surface area contributed by atoms with Crippen molar-refractivity contribution in [3.05, 3.63) is 53.5 Å². The second-order valence-electron chi connectivity index (χ2n) is 5.59. The minimum Gasteiger partial charge on any atom is -0.383 e. The van der Waals surface area contributed by atoms with Crippen molar-refractivity contribution < 1.29 is 0 Å². The summed E-state index contributed by atoms with van der Waals surface area (Å²) in [7, 11) is 0. The number of nitrogens with zero attached hydrogens (tertiary/aromatic N) is 3. The Hall–Kier alpha value is -2.36. The van der Waals surface area contributed by atoms with Gasteiger partial charge in [-0.2, -0.15) is 0 Å². The molecule has 0 fully saturated rings. The minimum absolute atomic E-state index is 0.413. The number of anilines is 1. The van der Waals surface area contributed by atoms with Crippen molar-refractivity contribution in [1.29, 1.82) is 0 Å². The lowest BCUT2D eigenvalue weighted by molar-refractivity contribution is 0.598. The third-order valence-corrected chi connectivity index (χ3v) is 4.26. The zero-order chi connectivity index (χ0) is 15.0. The fourth-order valence-electron chi connectivity index (χ4n) is 2.88. The predicted octanol–water partition coefficient (Wildman–Crippen LogP) is 3.43. The van der Waals surface area contributed by atoms with Crippen LogP contribution in [0.3, 0.4) is 0 Å². The highest BCUT2D eigenvalue weighted by molar-refractivity contribution is 5.90. The maximum atomic E-state index is 6.02. The van der Waals surface area contributed by atoms with E-state index in [4.69, 9.17) is 5.73 Å². The Bertz CT molecular complexity index is 774. The summed E-state index contributed by atoms with van der Waals surface area (Å²) in [5.74, 6) is 0.975. The second-order valence-corrected chi connectivity index (χ2v) is 5.59. The maximum absolute atomic E-state index is 6.02. The van der Waals surface area contributed by atoms with Gasteiger partial charge in [0, 0.05) is 12.2 Å². The molecule has 0 aliphatic carbocycles. The van der Waals surface area contributed by atoms with Crippen molar-refractivity contribution in [2.45, 2.75) is 33.2 Å². The quantitative estimate of drug-likeness (QED) is 0.799. The van der Waals surface area contributed by atoms with Crippen LogP contribution in [0.5, 0.6) is 0 Å². The molecule has 2 aromatic heterocycles. The van der Waals surface area contributed by atoms with Crippen LogP contribution < -0.4 is 5.73 Å². The molecule has 0 aliphatic heterocycles. The summed E-state index contributed by atoms with van der Waals surface area (Å²) in [5, 5.41) is 0.982. The summed E-state index contributed by atoms with van der Waals surface area (Å²) in [6.07, 6.45) is 1.54. The minimum atomic E-state index is 0.413. The number of nitrogens with two attached hydrogens (primary N) is 1. The van der Waals surface area contributed by atoms with E-state index in [9.17, 15) is 0 Å². The van der Waals surface area contributed by atoms with E-state index in [2.05, 4.69) is 59.6 Å². The molecule has 0 spiro atoms. The molecule has 0 amide bonds. The van der Waals surface area contributed by atoms with Gasteiger partial charge in [0.2, 0.25) is 0 Å². The standard InChI is InChI=1S/C17H20N4/c1-11(14-7-5-4-6-8-14)9-21-13(3)12(2)15-16(18)19-10-20-17(15)21/h4-8,10-11H,9H2,1-3H3,(H2,18,19,20). The topological polar surface area (TPSA) is 56.7 Å². The zero-order valence-corrected chi connectivity index (χ0v) is 12.7. The van der Waals surface area contributed by atoms with Crippen molar-refractivity contribution in [3.8, 4) is 0 Å². The highest BCUT2D eigenvalue weighted by Crippen LogP contribution is 2.29. The molecular formula is C17H20N4. The lowest BCUT2D eigenvalue weighted by Gasteiger charge is -2.15. The van der Waals surface area contributed by atoms with Crippen molar-refractivity contribution in [3.63, 3.8) is 0 Å². The van der Waals surface area contributed by atoms with Crippen LogP contribution in [-0.4, -0.2) is 14.5 Å². The summed E-state index contributed by atoms with van der Waals surface area (Å²) < 4.78 is 2.25. The highest BCUT2D eigenvalue weighted by atomic mass is 15.1. The van der Waals surface area contributed by atoms with Gasteiger partial charge in [-0.15, -0.1) is 0 Å². The van der Waals surface area contributed by atoms with E-state index in [1.54, 1.807) is 6.33 Å². The SMILES string of the molecule is Cc1c(C)n(CC(C)c2ccccc2)c2ncnc(N)c12. The molecule has 4 heteroatoms. The van der Waals surface area contributed by atoms with Crippen LogP contribution in [0.1, 0.15) is 29.7 Å². The molecule has 108 valence electrons. The number of fused-ring (bicyclic) bond motifs is 1. The van der Waals surface area contributed by atoms with Crippen LogP contribution in [0.15, 0.2) is 36.7 Å². The molecule has 0 saturated heterocycles. The molecule has 1 unspecified atom stereocenters. The Labute approximate surface area is 124 Å². The molecule has 1 aromatic carbocycles. The smallest absolute Gasteiger partial charge is 0.145 e. The Morgan fingerprint density at radius 3 is 2.57 bits per heavy atom. The van der Waals surface area contributed by atoms with E-state index in [1.165, 1.54) is 16.8 Å². The van der Waals surface area contributed by atoms with E-state index >= 15 is 0 Å². The average molecular weight is 280 g/mol. The monoisotopic (exact) mass is 280 g/mol. The van der Waals surface area contributed by atoms with Crippen LogP contribution in [0.4, 0.5) is 5.82 Å². The van der Waals surface area contributed by atoms with Gasteiger partial charge < -0.3 is 10.3 Å². The summed E-state index contributed by atoms with van der Waals surface area (Å²) in [6.45, 7) is 7.33. The summed E-state index contributed by atoms with van der Waals surface area (Å²) in [6, 6.07) is 10.5. The van der Waals surface area contributed by atoms with Gasteiger partial charge in [-0.05, 0) is 30.9 Å². The number of aromatic nitrogens is 3. The number of rotatable bonds is 3. The third-order valence-electron chi connectivity index (χ3n) is 4.26. The Balaban J connectivity index is 2.05. The molecule has 2 N–H and O–H groups in total. The van der Waals surface area contributed by atoms with Crippen LogP contribution >= 0.6 is 0 Å². The first-order valence-electron chi connectivity index (χ1n) is 7.20. The first kappa shape index (κ1) is 13.6. The Kier molecular flexibility index (Phi) is 3.37. The highest BCUT2D eigenvalue weighted by Gasteiger charge is 2.17. The van der Waals surface area contributed by atoms with Gasteiger partial charge in [-0.1, -0.05) is 37.3 Å². The van der Waals surface area contributed by atoms with Gasteiger partial charge in [-0.3, -0.25) is 0 Å². The van der Waals surface area contributed by atoms with Gasteiger partial charge in [0.15, 0.2) is 0 Å². The first-order chi connectivity index (χ1) is 10.1. The van der Waals surface area contributed by atoms with Crippen molar-refractivity contribution >= 4 is 16.9 Å². The van der Waals surface area contributed by atoms with Crippen molar-refractivity contribution in [2.24, 2.45) is 0 Å². The molecule has 21 heavy (non-hydrogen) atoms. The molecule has 1 atom stereocenters. The van der Waals surface area contributed by atoms with Crippen LogP contribution in [0.25, 0.3) is 11.0 Å². The lowest BCUT2D eigenvalue weighted by Crippen LogP contribution is -2.08. The Morgan fingerprint density at radius 1 is 1.14 bits per heavy atom. The molecule has 2 heterocycles. The van der Waals surface area contributed by atoms with E-state index in [1.807, 2.05) is 6.07 Å². The Morgan fingerprint density at radius 2 is 1.86 bits per heavy atom. The van der Waals surface area contributed by atoms with Gasteiger partial charge in [-0.25, -0.2) is 9.97 Å². The molecule has 3 rings (SSSR count). The van der Waals surface area contributed by atoms with Crippen LogP contribution in [0, 0.1) is 13.8 Å². The lowest BCUT2D eigenvalue weighted by atomic mass is 10.0. The first-order valence-corrected chi connectivity index (χ1v) is 7.20. The van der Waals surface area contributed by atoms with Gasteiger partial charge >= 0.3 is 0 Å². The van der Waals surface area contributed by atoms with E-state index in [-0.39, 0.29) is 0 Å². The fraction of sp³-hybridized carbons (Fsp3) is 0.294. The summed E-state index contributed by atoms with van der Waals surface area (Å²) in [4.78, 5) is 8.56. The van der Waals surface area contributed by atoms with Crippen LogP contribution in [0.2, 0.25) is 0 Å². The molecule has 0 radical (unpaired) electrons. The van der Waals surface area contributed by atoms with Crippen molar-refractivity contribution in [2.75, 3.05) is 5.73 Å². The number of aryl methyl sites for hydroxylation is 1. The maximum Gasteiger partial charge on any atom is 0.145 e. The molecular weight excluding hydrogens is 260 g/mol. The molecule has 0 saturated carbocycles. The largest absolute Gasteiger partial charge is 0.383 e. The summed E-state index contributed by atoms with van der Waals surface area (Å²) >= 11 is 0. The molecule has 0 aliphatic rings. The van der Waals surface area contributed by atoms with E-state index in [0.717, 1.165) is 17.6 Å². The van der Waals surface area contributed by atoms with Crippen LogP contribution in [-0.2, 0) is 6.54 Å². The fourth-order valence-corrected chi connectivity index (χ4v) is 2.88. The zero-order valence-electron chi connectivity index (χ0n) is 12.7. The normalized spacial score (nSPS) is 12.7. The van der Waals surface area contributed by atoms with Gasteiger partial charge in [0.05, 0.1) is 5.39 Å². The van der Waals surface area contributed by atoms with Gasteiger partial charge in [0.1, 0.15) is 17.8 Å². The van der Waals surface area contributed by atoms with E-state index in [0.29, 0.717) is 11.7 Å². The van der Waals surface area contributed by atoms with Gasteiger partial charge in [0.25, 0.3) is 0 Å². The molecule has 3 aromatic rings. The predicted molar refractivity (Wildman–Crippen MR) is 86.3 cm³/mol. The average Bonchev–Trinajstić information content (AvgIpc) is 2.74. The number of nitrogen functional groups attached to an aromatic ring is 1. The number of benzene rings is 1. The third kappa shape index (κ3) is 2.27. The summed E-state index contributed by atoms with van der Waals surface area (Å²) in [5.41, 5.74) is 10.7. The second kappa shape index (κ2) is 5.20. The molecule has 0 bridgehead atoms. The molecule has 4 nitrogen and oxygen atoms in total.